The highest BCUT2D eigenvalue weighted by Gasteiger charge is 2.45. The zero-order valence-corrected chi connectivity index (χ0v) is 20.0. The van der Waals surface area contributed by atoms with E-state index in [1.807, 2.05) is 19.9 Å². The predicted octanol–water partition coefficient (Wildman–Crippen LogP) is 4.04. The quantitative estimate of drug-likeness (QED) is 0.543. The monoisotopic (exact) mass is 486 g/mol. The van der Waals surface area contributed by atoms with E-state index in [0.29, 0.717) is 16.9 Å². The number of hydrogen-bond acceptors (Lipinski definition) is 6. The average molecular weight is 487 g/mol. The lowest BCUT2D eigenvalue weighted by atomic mass is 10.0. The minimum Gasteiger partial charge on any atom is -0.478 e. The molecule has 4 rings (SSSR count). The van der Waals surface area contributed by atoms with Gasteiger partial charge in [-0.05, 0) is 51.0 Å². The Kier molecular flexibility index (Phi) is 6.50. The maximum atomic E-state index is 14.6. The molecule has 1 aliphatic rings. The Labute approximate surface area is 201 Å². The van der Waals surface area contributed by atoms with Crippen LogP contribution in [0.4, 0.5) is 20.3 Å². The molecule has 2 N–H and O–H groups in total. The molecule has 1 aromatic carbocycles. The number of halogens is 2. The Balaban J connectivity index is 1.80. The fourth-order valence-corrected chi connectivity index (χ4v) is 4.61. The van der Waals surface area contributed by atoms with Crippen molar-refractivity contribution in [3.63, 3.8) is 0 Å². The summed E-state index contributed by atoms with van der Waals surface area (Å²) in [5.74, 6) is -3.94. The number of hydrogen-bond donors (Lipinski definition) is 2. The van der Waals surface area contributed by atoms with Gasteiger partial charge in [0.05, 0.1) is 23.7 Å². The first-order chi connectivity index (χ1) is 16.5. The number of fused-ring (bicyclic) bond motifs is 1. The lowest BCUT2D eigenvalue weighted by Crippen LogP contribution is -2.53. The number of aromatic carboxylic acids is 1. The molecule has 2 atom stereocenters. The molecular formula is C25H28F2N4O4. The largest absolute Gasteiger partial charge is 0.478 e. The normalized spacial score (nSPS) is 18.5. The number of nitrogens with zero attached hydrogens (tertiary/aromatic N) is 3. The van der Waals surface area contributed by atoms with Crippen molar-refractivity contribution in [3.05, 3.63) is 69.1 Å². The number of benzene rings is 1. The predicted molar refractivity (Wildman–Crippen MR) is 129 cm³/mol. The molecule has 0 saturated carbocycles. The molecule has 8 nitrogen and oxygen atoms in total. The van der Waals surface area contributed by atoms with Gasteiger partial charge in [0.25, 0.3) is 11.5 Å². The highest BCUT2D eigenvalue weighted by atomic mass is 19.3. The summed E-state index contributed by atoms with van der Waals surface area (Å²) in [5.41, 5.74) is 2.24. The molecule has 0 bridgehead atoms. The van der Waals surface area contributed by atoms with Crippen LogP contribution in [0.1, 0.15) is 46.4 Å². The second kappa shape index (κ2) is 9.26. The van der Waals surface area contributed by atoms with Crippen LogP contribution in [-0.2, 0) is 4.74 Å². The van der Waals surface area contributed by atoms with Crippen LogP contribution in [-0.4, -0.2) is 52.7 Å². The molecule has 0 aliphatic carbocycles. The first-order valence-corrected chi connectivity index (χ1v) is 11.3. The molecule has 1 fully saturated rings. The van der Waals surface area contributed by atoms with E-state index in [1.165, 1.54) is 22.5 Å². The molecular weight excluding hydrogens is 458 g/mol. The first-order valence-electron chi connectivity index (χ1n) is 11.3. The smallest absolute Gasteiger partial charge is 0.337 e. The lowest BCUT2D eigenvalue weighted by molar-refractivity contribution is -0.129. The van der Waals surface area contributed by atoms with Crippen LogP contribution in [0, 0.1) is 13.8 Å². The van der Waals surface area contributed by atoms with Gasteiger partial charge in [-0.3, -0.25) is 9.20 Å². The zero-order chi connectivity index (χ0) is 25.5. The van der Waals surface area contributed by atoms with Crippen LogP contribution in [0.3, 0.4) is 0 Å². The molecule has 0 amide bonds. The summed E-state index contributed by atoms with van der Waals surface area (Å²) in [6.45, 7) is 4.93. The van der Waals surface area contributed by atoms with Crippen molar-refractivity contribution in [3.8, 4) is 0 Å². The number of rotatable bonds is 6. The number of pyridine rings is 1. The van der Waals surface area contributed by atoms with E-state index in [9.17, 15) is 23.5 Å². The van der Waals surface area contributed by atoms with E-state index < -0.39 is 30.6 Å². The number of carboxylic acids is 1. The van der Waals surface area contributed by atoms with Gasteiger partial charge in [0, 0.05) is 31.1 Å². The van der Waals surface area contributed by atoms with Crippen molar-refractivity contribution in [2.75, 3.05) is 30.4 Å². The van der Waals surface area contributed by atoms with Crippen molar-refractivity contribution in [1.29, 1.82) is 0 Å². The summed E-state index contributed by atoms with van der Waals surface area (Å²) >= 11 is 0. The van der Waals surface area contributed by atoms with Crippen LogP contribution in [0.2, 0.25) is 0 Å². The lowest BCUT2D eigenvalue weighted by Gasteiger charge is -2.38. The summed E-state index contributed by atoms with van der Waals surface area (Å²) < 4.78 is 35.6. The maximum absolute atomic E-state index is 14.6. The molecule has 1 aliphatic heterocycles. The molecule has 35 heavy (non-hydrogen) atoms. The number of piperidine rings is 1. The van der Waals surface area contributed by atoms with Crippen molar-refractivity contribution in [2.45, 2.75) is 45.3 Å². The van der Waals surface area contributed by atoms with Gasteiger partial charge in [-0.25, -0.2) is 18.6 Å². The van der Waals surface area contributed by atoms with Gasteiger partial charge < -0.3 is 20.1 Å². The van der Waals surface area contributed by atoms with E-state index >= 15 is 0 Å². The molecule has 2 aromatic heterocycles. The fourth-order valence-electron chi connectivity index (χ4n) is 4.61. The number of nitrogens with one attached hydrogen (secondary N) is 1. The number of carbonyl (C=O) groups is 1. The third-order valence-electron chi connectivity index (χ3n) is 6.40. The van der Waals surface area contributed by atoms with Gasteiger partial charge in [-0.15, -0.1) is 0 Å². The van der Waals surface area contributed by atoms with Gasteiger partial charge >= 0.3 is 5.97 Å². The first kappa shape index (κ1) is 24.6. The number of ether oxygens (including phenoxy) is 1. The third-order valence-corrected chi connectivity index (χ3v) is 6.40. The van der Waals surface area contributed by atoms with Crippen molar-refractivity contribution in [1.82, 2.24) is 9.38 Å². The topological polar surface area (TPSA) is 96.2 Å². The van der Waals surface area contributed by atoms with E-state index in [0.717, 1.165) is 5.56 Å². The standard InChI is InChI=1S/C25H28F2N4O4/c1-14-11-18(16(3)28-19-8-6-5-7-17(19)24(33)34)22-29-21(15(2)23(32)31(22)12-14)30-10-9-20(35-4)25(26,27)13-30/h5-8,11-12,16,20,28H,9-10,13H2,1-4H3,(H,33,34). The van der Waals surface area contributed by atoms with E-state index in [2.05, 4.69) is 5.32 Å². The van der Waals surface area contributed by atoms with Crippen LogP contribution in [0.5, 0.6) is 0 Å². The Hall–Kier alpha value is -3.53. The molecule has 3 aromatic rings. The molecule has 0 radical (unpaired) electrons. The summed E-state index contributed by atoms with van der Waals surface area (Å²) in [5, 5.41) is 12.7. The molecule has 2 unspecified atom stereocenters. The van der Waals surface area contributed by atoms with Gasteiger partial charge in [-0.1, -0.05) is 12.1 Å². The summed E-state index contributed by atoms with van der Waals surface area (Å²) in [6.07, 6.45) is 0.584. The molecule has 10 heteroatoms. The Morgan fingerprint density at radius 3 is 2.69 bits per heavy atom. The number of methoxy groups -OCH3 is 1. The zero-order valence-electron chi connectivity index (χ0n) is 20.0. The number of carboxylic acid groups (broad SMARTS) is 1. The van der Waals surface area contributed by atoms with Crippen molar-refractivity contribution in [2.24, 2.45) is 0 Å². The van der Waals surface area contributed by atoms with E-state index in [4.69, 9.17) is 9.72 Å². The Bertz CT molecular complexity index is 1340. The number of aryl methyl sites for hydroxylation is 1. The molecule has 1 saturated heterocycles. The van der Waals surface area contributed by atoms with Gasteiger partial charge in [-0.2, -0.15) is 0 Å². The fraction of sp³-hybridized carbons (Fsp3) is 0.400. The van der Waals surface area contributed by atoms with Crippen molar-refractivity contribution < 1.29 is 23.4 Å². The van der Waals surface area contributed by atoms with Crippen molar-refractivity contribution >= 4 is 23.1 Å². The SMILES string of the molecule is COC1CCN(c2nc3c(C(C)Nc4ccccc4C(=O)O)cc(C)cn3c(=O)c2C)CC1(F)F. The highest BCUT2D eigenvalue weighted by Crippen LogP contribution is 2.33. The Morgan fingerprint density at radius 1 is 1.31 bits per heavy atom. The average Bonchev–Trinajstić information content (AvgIpc) is 2.80. The summed E-state index contributed by atoms with van der Waals surface area (Å²) in [4.78, 5) is 31.1. The van der Waals surface area contributed by atoms with Crippen LogP contribution in [0.15, 0.2) is 41.3 Å². The minimum atomic E-state index is -3.09. The summed E-state index contributed by atoms with van der Waals surface area (Å²) in [6, 6.07) is 7.94. The molecule has 186 valence electrons. The number of aromatic nitrogens is 2. The van der Waals surface area contributed by atoms with E-state index in [-0.39, 0.29) is 35.5 Å². The number of anilines is 2. The summed E-state index contributed by atoms with van der Waals surface area (Å²) in [7, 11) is 1.27. The van der Waals surface area contributed by atoms with E-state index in [1.54, 1.807) is 31.3 Å². The molecule has 3 heterocycles. The minimum absolute atomic E-state index is 0.106. The van der Waals surface area contributed by atoms with Gasteiger partial charge in [0.1, 0.15) is 17.6 Å². The van der Waals surface area contributed by atoms with Gasteiger partial charge in [0.2, 0.25) is 0 Å². The number of para-hydroxylation sites is 1. The Morgan fingerprint density at radius 2 is 2.03 bits per heavy atom. The second-order valence-corrected chi connectivity index (χ2v) is 8.94. The van der Waals surface area contributed by atoms with Crippen LogP contribution in [0.25, 0.3) is 5.65 Å². The third kappa shape index (κ3) is 4.58. The number of alkyl halides is 2. The van der Waals surface area contributed by atoms with Crippen LogP contribution >= 0.6 is 0 Å². The molecule has 0 spiro atoms. The van der Waals surface area contributed by atoms with Crippen LogP contribution < -0.4 is 15.8 Å². The highest BCUT2D eigenvalue weighted by molar-refractivity contribution is 5.94. The maximum Gasteiger partial charge on any atom is 0.337 e. The second-order valence-electron chi connectivity index (χ2n) is 8.94. The van der Waals surface area contributed by atoms with Gasteiger partial charge in [0.15, 0.2) is 0 Å².